The minimum atomic E-state index is 0.422. The summed E-state index contributed by atoms with van der Waals surface area (Å²) in [5.74, 6) is 1.71. The molecule has 0 aliphatic heterocycles. The summed E-state index contributed by atoms with van der Waals surface area (Å²) in [6, 6.07) is 5.54. The molecule has 2 N–H and O–H groups in total. The monoisotopic (exact) mass is 305 g/mol. The molecule has 3 rings (SSSR count). The first-order chi connectivity index (χ1) is 9.60. The minimum Gasteiger partial charge on any atom is -0.497 e. The molecule has 0 fully saturated rings. The van der Waals surface area contributed by atoms with Gasteiger partial charge in [0.05, 0.1) is 22.5 Å². The lowest BCUT2D eigenvalue weighted by Crippen LogP contribution is -1.97. The fourth-order valence-electron chi connectivity index (χ4n) is 1.94. The molecule has 20 heavy (non-hydrogen) atoms. The molecule has 2 heterocycles. The van der Waals surface area contributed by atoms with Crippen LogP contribution in [0.5, 0.6) is 5.75 Å². The number of fused-ring (bicyclic) bond motifs is 1. The van der Waals surface area contributed by atoms with Gasteiger partial charge in [-0.3, -0.25) is 0 Å². The van der Waals surface area contributed by atoms with E-state index in [9.17, 15) is 0 Å². The zero-order chi connectivity index (χ0) is 14.3. The lowest BCUT2D eigenvalue weighted by atomic mass is 10.2. The smallest absolute Gasteiger partial charge is 0.173 e. The molecule has 0 saturated carbocycles. The molecule has 0 aliphatic rings. The number of rotatable bonds is 2. The van der Waals surface area contributed by atoms with E-state index in [4.69, 9.17) is 22.1 Å². The predicted octanol–water partition coefficient (Wildman–Crippen LogP) is 3.91. The predicted molar refractivity (Wildman–Crippen MR) is 83.6 cm³/mol. The quantitative estimate of drug-likeness (QED) is 0.779. The summed E-state index contributed by atoms with van der Waals surface area (Å²) in [4.78, 5) is 9.73. The van der Waals surface area contributed by atoms with Crippen molar-refractivity contribution in [3.05, 3.63) is 34.2 Å². The van der Waals surface area contributed by atoms with Crippen LogP contribution < -0.4 is 10.5 Å². The number of thiophene rings is 1. The van der Waals surface area contributed by atoms with E-state index in [1.807, 2.05) is 30.5 Å². The number of nitrogen functional groups attached to an aromatic ring is 1. The largest absolute Gasteiger partial charge is 0.497 e. The molecule has 2 aromatic heterocycles. The molecule has 1 aromatic carbocycles. The number of benzene rings is 1. The number of anilines is 1. The van der Waals surface area contributed by atoms with Crippen molar-refractivity contribution in [1.29, 1.82) is 0 Å². The summed E-state index contributed by atoms with van der Waals surface area (Å²) in [7, 11) is 1.61. The SMILES string of the molecule is COc1ccc2nc(-c3scc(C)c3Cl)nc(N)c2c1. The number of nitrogens with two attached hydrogens (primary N) is 1. The normalized spacial score (nSPS) is 10.9. The molecule has 102 valence electrons. The van der Waals surface area contributed by atoms with E-state index in [1.165, 1.54) is 11.3 Å². The molecule has 4 nitrogen and oxygen atoms in total. The summed E-state index contributed by atoms with van der Waals surface area (Å²) >= 11 is 7.78. The second-order valence-electron chi connectivity index (χ2n) is 4.38. The van der Waals surface area contributed by atoms with Crippen LogP contribution in [0, 0.1) is 6.92 Å². The van der Waals surface area contributed by atoms with Crippen LogP contribution in [-0.2, 0) is 0 Å². The Hall–Kier alpha value is -1.85. The Kier molecular flexibility index (Phi) is 3.23. The topological polar surface area (TPSA) is 61.0 Å². The molecule has 0 radical (unpaired) electrons. The van der Waals surface area contributed by atoms with Gasteiger partial charge in [0, 0.05) is 5.39 Å². The molecular formula is C14H12ClN3OS. The number of ether oxygens (including phenoxy) is 1. The van der Waals surface area contributed by atoms with Crippen molar-refractivity contribution in [3.8, 4) is 16.5 Å². The standard InChI is InChI=1S/C14H12ClN3OS/c1-7-6-20-12(11(7)15)14-17-10-4-3-8(19-2)5-9(10)13(16)18-14/h3-6H,1-2H3,(H2,16,17,18). The Labute approximate surface area is 125 Å². The molecule has 0 spiro atoms. The molecule has 0 atom stereocenters. The lowest BCUT2D eigenvalue weighted by molar-refractivity contribution is 0.415. The van der Waals surface area contributed by atoms with Gasteiger partial charge >= 0.3 is 0 Å². The summed E-state index contributed by atoms with van der Waals surface area (Å²) in [6.45, 7) is 1.96. The number of aromatic nitrogens is 2. The van der Waals surface area contributed by atoms with E-state index in [0.29, 0.717) is 16.7 Å². The highest BCUT2D eigenvalue weighted by Crippen LogP contribution is 2.36. The third-order valence-corrected chi connectivity index (χ3v) is 4.73. The van der Waals surface area contributed by atoms with Crippen molar-refractivity contribution < 1.29 is 4.74 Å². The molecule has 0 unspecified atom stereocenters. The Bertz CT molecular complexity index is 800. The number of methoxy groups -OCH3 is 1. The maximum absolute atomic E-state index is 6.26. The fourth-order valence-corrected chi connectivity index (χ4v) is 3.15. The van der Waals surface area contributed by atoms with E-state index in [-0.39, 0.29) is 0 Å². The van der Waals surface area contributed by atoms with E-state index in [0.717, 1.165) is 27.1 Å². The highest BCUT2D eigenvalue weighted by atomic mass is 35.5. The summed E-state index contributed by atoms with van der Waals surface area (Å²) in [6.07, 6.45) is 0. The second kappa shape index (κ2) is 4.92. The van der Waals surface area contributed by atoms with Crippen LogP contribution in [0.3, 0.4) is 0 Å². The second-order valence-corrected chi connectivity index (χ2v) is 5.63. The molecule has 0 saturated heterocycles. The summed E-state index contributed by atoms with van der Waals surface area (Å²) in [5, 5.41) is 3.44. The van der Waals surface area contributed by atoms with Gasteiger partial charge in [-0.25, -0.2) is 9.97 Å². The van der Waals surface area contributed by atoms with Gasteiger partial charge in [-0.2, -0.15) is 0 Å². The third-order valence-electron chi connectivity index (χ3n) is 3.03. The Morgan fingerprint density at radius 3 is 2.75 bits per heavy atom. The van der Waals surface area contributed by atoms with Crippen LogP contribution >= 0.6 is 22.9 Å². The molecular weight excluding hydrogens is 294 g/mol. The number of hydrogen-bond donors (Lipinski definition) is 1. The number of nitrogens with zero attached hydrogens (tertiary/aromatic N) is 2. The van der Waals surface area contributed by atoms with Crippen molar-refractivity contribution in [2.24, 2.45) is 0 Å². The molecule has 0 aliphatic carbocycles. The van der Waals surface area contributed by atoms with Crippen LogP contribution in [0.15, 0.2) is 23.6 Å². The maximum Gasteiger partial charge on any atom is 0.173 e. The first-order valence-corrected chi connectivity index (χ1v) is 7.21. The van der Waals surface area contributed by atoms with Crippen molar-refractivity contribution in [2.75, 3.05) is 12.8 Å². The maximum atomic E-state index is 6.26. The zero-order valence-corrected chi connectivity index (χ0v) is 12.5. The Balaban J connectivity index is 2.22. The minimum absolute atomic E-state index is 0.422. The van der Waals surface area contributed by atoms with Crippen molar-refractivity contribution in [2.45, 2.75) is 6.92 Å². The van der Waals surface area contributed by atoms with Crippen LogP contribution in [0.1, 0.15) is 5.56 Å². The fraction of sp³-hybridized carbons (Fsp3) is 0.143. The Morgan fingerprint density at radius 1 is 1.30 bits per heavy atom. The van der Waals surface area contributed by atoms with Crippen molar-refractivity contribution in [3.63, 3.8) is 0 Å². The van der Waals surface area contributed by atoms with Gasteiger partial charge in [-0.15, -0.1) is 11.3 Å². The van der Waals surface area contributed by atoms with Gasteiger partial charge in [-0.1, -0.05) is 11.6 Å². The number of halogens is 1. The molecule has 6 heteroatoms. The number of aryl methyl sites for hydroxylation is 1. The van der Waals surface area contributed by atoms with Gasteiger partial charge in [0.1, 0.15) is 11.6 Å². The van der Waals surface area contributed by atoms with E-state index in [2.05, 4.69) is 9.97 Å². The molecule has 0 amide bonds. The third kappa shape index (κ3) is 2.09. The van der Waals surface area contributed by atoms with Gasteiger partial charge in [0.15, 0.2) is 5.82 Å². The molecule has 0 bridgehead atoms. The van der Waals surface area contributed by atoms with Crippen LogP contribution in [0.2, 0.25) is 5.02 Å². The van der Waals surface area contributed by atoms with Gasteiger partial charge in [0.25, 0.3) is 0 Å². The number of hydrogen-bond acceptors (Lipinski definition) is 5. The highest BCUT2D eigenvalue weighted by Gasteiger charge is 2.14. The van der Waals surface area contributed by atoms with Gasteiger partial charge in [0.2, 0.25) is 0 Å². The zero-order valence-electron chi connectivity index (χ0n) is 11.0. The average molecular weight is 306 g/mol. The van der Waals surface area contributed by atoms with Gasteiger partial charge in [-0.05, 0) is 36.1 Å². The van der Waals surface area contributed by atoms with Crippen LogP contribution in [0.4, 0.5) is 5.82 Å². The molecule has 3 aromatic rings. The Morgan fingerprint density at radius 2 is 2.10 bits per heavy atom. The lowest BCUT2D eigenvalue weighted by Gasteiger charge is -2.06. The van der Waals surface area contributed by atoms with Crippen molar-refractivity contribution >= 4 is 39.7 Å². The first-order valence-electron chi connectivity index (χ1n) is 5.95. The highest BCUT2D eigenvalue weighted by molar-refractivity contribution is 7.14. The van der Waals surface area contributed by atoms with E-state index in [1.54, 1.807) is 7.11 Å². The van der Waals surface area contributed by atoms with E-state index < -0.39 is 0 Å². The average Bonchev–Trinajstić information content (AvgIpc) is 2.78. The summed E-state index contributed by atoms with van der Waals surface area (Å²) in [5.41, 5.74) is 7.82. The van der Waals surface area contributed by atoms with Gasteiger partial charge < -0.3 is 10.5 Å². The van der Waals surface area contributed by atoms with Crippen LogP contribution in [-0.4, -0.2) is 17.1 Å². The van der Waals surface area contributed by atoms with Crippen molar-refractivity contribution in [1.82, 2.24) is 9.97 Å². The first kappa shape index (κ1) is 13.1. The van der Waals surface area contributed by atoms with Crippen LogP contribution in [0.25, 0.3) is 21.6 Å². The van der Waals surface area contributed by atoms with E-state index >= 15 is 0 Å². The summed E-state index contributed by atoms with van der Waals surface area (Å²) < 4.78 is 5.18.